The van der Waals surface area contributed by atoms with E-state index in [4.69, 9.17) is 0 Å². The molecule has 0 bridgehead atoms. The van der Waals surface area contributed by atoms with Crippen molar-refractivity contribution < 1.29 is 5.21 Å². The van der Waals surface area contributed by atoms with Crippen LogP contribution in [-0.4, -0.2) is 5.21 Å². The number of fused-ring (bicyclic) bond motifs is 2. The molecule has 96 valence electrons. The summed E-state index contributed by atoms with van der Waals surface area (Å²) in [5.41, 5.74) is 7.54. The van der Waals surface area contributed by atoms with Gasteiger partial charge in [-0.05, 0) is 36.1 Å². The highest BCUT2D eigenvalue weighted by Gasteiger charge is 2.33. The molecule has 2 aromatic carbocycles. The lowest BCUT2D eigenvalue weighted by molar-refractivity contribution is 0.0921. The summed E-state index contributed by atoms with van der Waals surface area (Å²) < 4.78 is 0. The highest BCUT2D eigenvalue weighted by molar-refractivity contribution is 5.77. The second-order valence-corrected chi connectivity index (χ2v) is 5.25. The maximum Gasteiger partial charge on any atom is 0.0911 e. The molecule has 1 aliphatic rings. The summed E-state index contributed by atoms with van der Waals surface area (Å²) >= 11 is 0. The van der Waals surface area contributed by atoms with Gasteiger partial charge in [-0.1, -0.05) is 60.2 Å². The van der Waals surface area contributed by atoms with E-state index in [1.807, 2.05) is 19.1 Å². The predicted molar refractivity (Wildman–Crippen MR) is 77.9 cm³/mol. The van der Waals surface area contributed by atoms with Crippen LogP contribution >= 0.6 is 0 Å². The normalized spacial score (nSPS) is 20.6. The molecule has 2 aromatic rings. The fraction of sp³-hybridized carbons (Fsp3) is 0.176. The average Bonchev–Trinajstić information content (AvgIpc) is 2.56. The average molecular weight is 251 g/mol. The second-order valence-electron chi connectivity index (χ2n) is 5.25. The molecule has 0 fully saturated rings. The Kier molecular flexibility index (Phi) is 2.77. The Morgan fingerprint density at radius 2 is 1.63 bits per heavy atom. The van der Waals surface area contributed by atoms with Crippen LogP contribution in [0.1, 0.15) is 34.7 Å². The quantitative estimate of drug-likeness (QED) is 0.757. The van der Waals surface area contributed by atoms with E-state index >= 15 is 0 Å². The lowest BCUT2D eigenvalue weighted by Gasteiger charge is -2.31. The van der Waals surface area contributed by atoms with Crippen molar-refractivity contribution in [2.24, 2.45) is 0 Å². The van der Waals surface area contributed by atoms with Crippen molar-refractivity contribution in [2.75, 3.05) is 0 Å². The maximum absolute atomic E-state index is 9.78. The van der Waals surface area contributed by atoms with Gasteiger partial charge in [0.25, 0.3) is 0 Å². The Bertz CT molecular complexity index is 660. The summed E-state index contributed by atoms with van der Waals surface area (Å²) in [6.07, 6.45) is 4.21. The van der Waals surface area contributed by atoms with Crippen LogP contribution in [0.2, 0.25) is 0 Å². The standard InChI is InChI=1S/C17H17NO/c1-12-7-8-14-10-9-13-5-3-4-6-15(13)17(2,18-19)16(14)11-12/h3-11,18-19H,1-2H3. The molecule has 0 aromatic heterocycles. The van der Waals surface area contributed by atoms with E-state index in [1.165, 1.54) is 5.56 Å². The van der Waals surface area contributed by atoms with Crippen LogP contribution in [-0.2, 0) is 5.54 Å². The van der Waals surface area contributed by atoms with Crippen molar-refractivity contribution in [1.29, 1.82) is 0 Å². The zero-order chi connectivity index (χ0) is 13.5. The van der Waals surface area contributed by atoms with Gasteiger partial charge in [-0.15, -0.1) is 0 Å². The van der Waals surface area contributed by atoms with Gasteiger partial charge >= 0.3 is 0 Å². The third-order valence-electron chi connectivity index (χ3n) is 3.91. The molecule has 0 amide bonds. The first kappa shape index (κ1) is 12.2. The Morgan fingerprint density at radius 3 is 2.37 bits per heavy atom. The summed E-state index contributed by atoms with van der Waals surface area (Å²) in [5.74, 6) is 0. The molecule has 0 radical (unpaired) electrons. The van der Waals surface area contributed by atoms with E-state index in [0.29, 0.717) is 0 Å². The predicted octanol–water partition coefficient (Wildman–Crippen LogP) is 3.72. The smallest absolute Gasteiger partial charge is 0.0911 e. The van der Waals surface area contributed by atoms with Gasteiger partial charge in [-0.2, -0.15) is 5.48 Å². The van der Waals surface area contributed by atoms with Crippen molar-refractivity contribution in [2.45, 2.75) is 19.4 Å². The fourth-order valence-corrected chi connectivity index (χ4v) is 2.79. The topological polar surface area (TPSA) is 32.3 Å². The number of benzene rings is 2. The molecule has 0 spiro atoms. The van der Waals surface area contributed by atoms with Crippen LogP contribution in [0.15, 0.2) is 42.5 Å². The Hall–Kier alpha value is -1.90. The zero-order valence-corrected chi connectivity index (χ0v) is 11.1. The minimum atomic E-state index is -0.596. The van der Waals surface area contributed by atoms with E-state index in [-0.39, 0.29) is 0 Å². The van der Waals surface area contributed by atoms with Gasteiger partial charge in [0.15, 0.2) is 0 Å². The molecule has 2 N–H and O–H groups in total. The summed E-state index contributed by atoms with van der Waals surface area (Å²) in [6.45, 7) is 4.08. The van der Waals surface area contributed by atoms with E-state index in [9.17, 15) is 5.21 Å². The van der Waals surface area contributed by atoms with E-state index < -0.39 is 5.54 Å². The molecule has 1 aliphatic carbocycles. The van der Waals surface area contributed by atoms with Crippen LogP contribution in [0.3, 0.4) is 0 Å². The SMILES string of the molecule is Cc1ccc2c(c1)C(C)(NO)c1ccccc1C=C2. The molecule has 1 atom stereocenters. The number of nitrogens with one attached hydrogen (secondary N) is 1. The van der Waals surface area contributed by atoms with Gasteiger partial charge in [0.1, 0.15) is 0 Å². The van der Waals surface area contributed by atoms with Crippen LogP contribution in [0.5, 0.6) is 0 Å². The summed E-state index contributed by atoms with van der Waals surface area (Å²) in [5, 5.41) is 9.78. The van der Waals surface area contributed by atoms with Crippen LogP contribution in [0, 0.1) is 6.92 Å². The van der Waals surface area contributed by atoms with Gasteiger partial charge in [-0.25, -0.2) is 0 Å². The minimum Gasteiger partial charge on any atom is -0.316 e. The first-order valence-electron chi connectivity index (χ1n) is 6.45. The summed E-state index contributed by atoms with van der Waals surface area (Å²) in [7, 11) is 0. The second kappa shape index (κ2) is 4.34. The molecule has 1 unspecified atom stereocenters. The maximum atomic E-state index is 9.78. The summed E-state index contributed by atoms with van der Waals surface area (Å²) in [4.78, 5) is 0. The van der Waals surface area contributed by atoms with Gasteiger partial charge in [-0.3, -0.25) is 0 Å². The number of hydrogen-bond donors (Lipinski definition) is 2. The van der Waals surface area contributed by atoms with Gasteiger partial charge in [0.2, 0.25) is 0 Å². The third kappa shape index (κ3) is 1.81. The van der Waals surface area contributed by atoms with Crippen LogP contribution in [0.25, 0.3) is 12.2 Å². The van der Waals surface area contributed by atoms with Crippen molar-refractivity contribution >= 4 is 12.2 Å². The Morgan fingerprint density at radius 1 is 0.947 bits per heavy atom. The van der Waals surface area contributed by atoms with Crippen molar-refractivity contribution in [3.05, 3.63) is 70.3 Å². The van der Waals surface area contributed by atoms with E-state index in [2.05, 4.69) is 54.9 Å². The zero-order valence-electron chi connectivity index (χ0n) is 11.1. The Labute approximate surface area is 113 Å². The number of hydrogen-bond acceptors (Lipinski definition) is 2. The molecule has 2 heteroatoms. The molecule has 0 aliphatic heterocycles. The highest BCUT2D eigenvalue weighted by Crippen LogP contribution is 2.37. The largest absolute Gasteiger partial charge is 0.316 e. The van der Waals surface area contributed by atoms with Crippen molar-refractivity contribution in [3.63, 3.8) is 0 Å². The molecular weight excluding hydrogens is 234 g/mol. The monoisotopic (exact) mass is 251 g/mol. The number of hydroxylamine groups is 1. The van der Waals surface area contributed by atoms with Crippen LogP contribution < -0.4 is 5.48 Å². The van der Waals surface area contributed by atoms with Gasteiger partial charge in [0.05, 0.1) is 5.54 Å². The molecule has 2 nitrogen and oxygen atoms in total. The lowest BCUT2D eigenvalue weighted by Crippen LogP contribution is -2.39. The van der Waals surface area contributed by atoms with Gasteiger partial charge in [0, 0.05) is 0 Å². The lowest BCUT2D eigenvalue weighted by atomic mass is 9.82. The van der Waals surface area contributed by atoms with Crippen LogP contribution in [0.4, 0.5) is 0 Å². The van der Waals surface area contributed by atoms with Crippen molar-refractivity contribution in [1.82, 2.24) is 5.48 Å². The summed E-state index contributed by atoms with van der Waals surface area (Å²) in [6, 6.07) is 14.5. The molecular formula is C17H17NO. The third-order valence-corrected chi connectivity index (χ3v) is 3.91. The molecule has 0 saturated carbocycles. The first-order valence-corrected chi connectivity index (χ1v) is 6.45. The van der Waals surface area contributed by atoms with E-state index in [0.717, 1.165) is 22.3 Å². The number of aryl methyl sites for hydroxylation is 1. The molecule has 0 saturated heterocycles. The minimum absolute atomic E-state index is 0.596. The molecule has 19 heavy (non-hydrogen) atoms. The first-order chi connectivity index (χ1) is 9.15. The van der Waals surface area contributed by atoms with Crippen molar-refractivity contribution in [3.8, 4) is 0 Å². The fourth-order valence-electron chi connectivity index (χ4n) is 2.79. The number of rotatable bonds is 1. The molecule has 0 heterocycles. The highest BCUT2D eigenvalue weighted by atomic mass is 16.5. The van der Waals surface area contributed by atoms with Gasteiger partial charge < -0.3 is 5.21 Å². The van der Waals surface area contributed by atoms with E-state index in [1.54, 1.807) is 0 Å². The Balaban J connectivity index is 2.35. The molecule has 3 rings (SSSR count).